The monoisotopic (exact) mass is 1080 g/mol. The van der Waals surface area contributed by atoms with Crippen molar-refractivity contribution >= 4 is 17.6 Å². The topological polar surface area (TPSA) is 112 Å². The lowest BCUT2D eigenvalue weighted by atomic mass is 9.87. The molecule has 0 saturated carbocycles. The number of aliphatic hydroxyl groups excluding tert-OH is 2. The highest BCUT2D eigenvalue weighted by atomic mass is 19.1. The lowest BCUT2D eigenvalue weighted by molar-refractivity contribution is -0.139. The van der Waals surface area contributed by atoms with Gasteiger partial charge in [0.15, 0.2) is 0 Å². The number of carbonyl (C=O) groups is 2. The van der Waals surface area contributed by atoms with Crippen LogP contribution >= 0.6 is 0 Å². The molecule has 8 heteroatoms. The van der Waals surface area contributed by atoms with Gasteiger partial charge in [-0.25, -0.2) is 4.39 Å². The lowest BCUT2D eigenvalue weighted by Crippen LogP contribution is -2.32. The highest BCUT2D eigenvalue weighted by Gasteiger charge is 2.37. The van der Waals surface area contributed by atoms with Gasteiger partial charge in [0.1, 0.15) is 5.82 Å². The quantitative estimate of drug-likeness (QED) is 0.107. The van der Waals surface area contributed by atoms with Gasteiger partial charge < -0.3 is 25.2 Å². The highest BCUT2D eigenvalue weighted by molar-refractivity contribution is 6.13. The second-order valence-electron chi connectivity index (χ2n) is 14.5. The number of aliphatic hydroxyl groups is 2. The summed E-state index contributed by atoms with van der Waals surface area (Å²) in [4.78, 5) is 26.2. The number of hydrogen-bond acceptors (Lipinski definition) is 4. The van der Waals surface area contributed by atoms with Crippen molar-refractivity contribution in [2.24, 2.45) is 11.8 Å². The van der Waals surface area contributed by atoms with Gasteiger partial charge in [-0.3, -0.25) is 9.59 Å². The van der Waals surface area contributed by atoms with Crippen LogP contribution < -0.4 is 5.32 Å². The van der Waals surface area contributed by atoms with Crippen LogP contribution in [0.4, 0.5) is 10.1 Å². The molecule has 3 unspecified atom stereocenters. The Morgan fingerprint density at radius 1 is 0.840 bits per heavy atom. The van der Waals surface area contributed by atoms with Gasteiger partial charge in [0.25, 0.3) is 5.91 Å². The van der Waals surface area contributed by atoms with E-state index in [-0.39, 0.29) is 308 Å². The first-order valence-corrected chi connectivity index (χ1v) is 17.5. The maximum absolute atomic E-state index is 14.9. The van der Waals surface area contributed by atoms with Gasteiger partial charge in [0.05, 0.1) is 29.9 Å². The number of aliphatic carboxylic acids is 1. The third-order valence-electron chi connectivity index (χ3n) is 10.7. The molecule has 0 bridgehead atoms. The maximum Gasteiger partial charge on any atom is 0.305 e. The van der Waals surface area contributed by atoms with Gasteiger partial charge in [-0.15, -0.1) is 0 Å². The van der Waals surface area contributed by atoms with Crippen molar-refractivity contribution in [3.8, 4) is 22.4 Å². The summed E-state index contributed by atoms with van der Waals surface area (Å²) in [6.07, 6.45) is -2.87. The summed E-state index contributed by atoms with van der Waals surface area (Å²) < 4.78 is 16.8. The van der Waals surface area contributed by atoms with Crippen LogP contribution in [0, 0.1) is 52.3 Å². The minimum absolute atomic E-state index is 0. The van der Waals surface area contributed by atoms with Gasteiger partial charge in [-0.1, -0.05) is 52.0 Å². The summed E-state index contributed by atoms with van der Waals surface area (Å²) >= 11 is 0. The number of hydrogen-bond donors (Lipinski definition) is 4. The molecule has 4 N–H and O–H groups in total. The van der Waals surface area contributed by atoms with Gasteiger partial charge in [-0.05, 0) is 117 Å². The molecule has 3 aromatic carbocycles. The molecule has 7 nitrogen and oxygen atoms in total. The first-order chi connectivity index (χ1) is 23.4. The van der Waals surface area contributed by atoms with Crippen molar-refractivity contribution in [2.75, 3.05) is 5.32 Å². The summed E-state index contributed by atoms with van der Waals surface area (Å²) in [7, 11) is 0. The summed E-state index contributed by atoms with van der Waals surface area (Å²) in [6.45, 7) is 20.1. The van der Waals surface area contributed by atoms with E-state index in [4.69, 9.17) is 0 Å². The Bertz CT molecular complexity index is 2060. The smallest absolute Gasteiger partial charge is 0.305 e. The van der Waals surface area contributed by atoms with Crippen LogP contribution in [0.1, 0.15) is 381 Å². The van der Waals surface area contributed by atoms with Crippen LogP contribution in [-0.2, 0) is 4.79 Å². The second kappa shape index (κ2) is 15.7. The molecule has 0 aliphatic carbocycles. The van der Waals surface area contributed by atoms with Crippen LogP contribution in [0.3, 0.4) is 0 Å². The summed E-state index contributed by atoms with van der Waals surface area (Å²) in [5.41, 5.74) is 9.98. The number of nitrogens with zero attached hydrogens (tertiary/aromatic N) is 1. The molecule has 0 fully saturated rings. The van der Waals surface area contributed by atoms with Crippen molar-refractivity contribution in [1.29, 1.82) is 0 Å². The molecule has 4 aromatic rings. The number of carboxylic acid groups (broad SMARTS) is 1. The number of nitrogens with one attached hydrogen (secondary N) is 1. The van der Waals surface area contributed by atoms with Gasteiger partial charge in [0, 0.05) is 319 Å². The van der Waals surface area contributed by atoms with E-state index in [1.54, 1.807) is 6.07 Å². The molecule has 0 saturated heterocycles. The Hall–Kier alpha value is -4.27. The predicted octanol–water partition coefficient (Wildman–Crippen LogP) is 57.3. The van der Waals surface area contributed by atoms with E-state index in [1.807, 2.05) is 84.9 Å². The Morgan fingerprint density at radius 2 is 1.52 bits per heavy atom. The minimum Gasteiger partial charge on any atom is -0.481 e. The van der Waals surface area contributed by atoms with Crippen LogP contribution in [-0.4, -0.2) is 44.0 Å². The normalized spacial score (nSPS) is 14.7. The van der Waals surface area contributed by atoms with Crippen molar-refractivity contribution in [2.45, 2.75) is 106 Å². The van der Waals surface area contributed by atoms with E-state index in [9.17, 15) is 29.3 Å². The zero-order chi connectivity index (χ0) is 37.2. The number of rotatable bonds is 13. The van der Waals surface area contributed by atoms with Crippen LogP contribution in [0.25, 0.3) is 22.4 Å². The van der Waals surface area contributed by atoms with Crippen molar-refractivity contribution < 1.29 is 307 Å². The van der Waals surface area contributed by atoms with Crippen LogP contribution in [0.5, 0.6) is 0 Å². The van der Waals surface area contributed by atoms with E-state index in [2.05, 4.69) is 30.7 Å². The van der Waals surface area contributed by atoms with E-state index in [0.717, 1.165) is 50.3 Å². The zero-order valence-electron chi connectivity index (χ0n) is 31.1. The number of aromatic nitrogens is 1. The van der Waals surface area contributed by atoms with Crippen molar-refractivity contribution in [3.63, 3.8) is 0 Å². The third-order valence-corrected chi connectivity index (χ3v) is 10.7. The van der Waals surface area contributed by atoms with Gasteiger partial charge in [0.2, 0.25) is 0 Å². The molecule has 1 aromatic heterocycles. The molecule has 658 valence electrons. The average molecular weight is 1080 g/mol. The summed E-state index contributed by atoms with van der Waals surface area (Å²) in [5, 5.41) is 34.4. The number of halogens is 1. The number of carbonyl (C=O) groups excluding carboxylic acids is 1. The number of benzene rings is 3. The molecule has 50 heavy (non-hydrogen) atoms. The molecule has 1 heterocycles. The Morgan fingerprint density at radius 3 is 2.12 bits per heavy atom. The fourth-order valence-corrected chi connectivity index (χ4v) is 6.81. The SMILES string of the molecule is Cc1ccc(NC(=O)c2c(-c3cccc(C)c3C)c(-c3ccc(F)cc3C)n(C(C)C(C)[C@@H](O)C[C@@H](O)CC(=O)O)c2C(C)C(C)C)cc1C.[HH].[HH].[HH].[HH].[HH].[HH].[HH].[HH].[HH].[HH].[HH].[HH].[HH].[HH].[HH].[HH].[HH].[HH].[HH].[HH].[HH].[HH].[HH].[HH].[HH].[HH].[HH].[HH].[HH].[HH].[HH].[HH].[HH].[HH].[HH].[HH].[HH].[HH].[HH].[HH].[HH].[HH].[HH].[HH].[HH].[HH].[HH].[HH].[HH].[HH].[HH].[HH].[HH].[HH].[HH].[HH].[HH].[HH].[HH].[HH].[HH].[HH].[HH].[HH].[HH].[HH].[HH].[HH].[HH].[HH].[HH].[HH].[HH].[HH].[HH].[HH].[HH].[HH].[HH].[HH].[HH].[HH].[HH].[HH].[HH].[HH].[HH].[HH].[HH].[HH].[HH].[HH].[HH].[HH].[HH].[HH].[HH].[HH].[HH].[HH].[HH].[HH].[HH].[HH].[HH].[HH].[HH].[HH].[HH].[HH].[HH].[HH].[HH].[HH].[HH].[HH].[HH].[HH].[HH].[HH].[HH].[HH].[HH].[HH].[HH].[HH].[HH].[HH].[HH].[HH].[HH].[HH].[HH].[HH].[HH].[HH].[HH].[HH].[HH].[HH].[HH].[HH].[HH].[HH].[HH].[HH].[HH].[HH].[HH].[HH].[HH].[HH].[HH].[HH].[HH].[HH].[HH].[HH].[HH].[HH].[HH].[HH].[HH].[HH].[HH].[HH].[HH].[HH].[HH].[HH].[HH].[HH].[HH].[HH].[HH].[HH].[HH].[HH].[HH].[HH].[HH].[HH].[HH].[HH].[HH].[HH].[HH].[HH].[HH].[HH].[HH].[HH].[HH].[HH].[HH]. The molecule has 0 radical (unpaired) electrons. The van der Waals surface area contributed by atoms with Crippen LogP contribution in [0.2, 0.25) is 0 Å². The molecular weight excluding hydrogens is 631 g/mol. The molecular formula is C42H443FN2O5. The molecule has 4 rings (SSSR count). The first-order valence-electron chi connectivity index (χ1n) is 17.5. The average Bonchev–Trinajstić information content (AvgIpc) is 3.38. The molecule has 1 amide bonds. The molecule has 0 aliphatic heterocycles. The maximum atomic E-state index is 14.9. The number of aryl methyl sites for hydroxylation is 4. The predicted molar refractivity (Wildman–Crippen MR) is 612 cm³/mol. The van der Waals surface area contributed by atoms with Gasteiger partial charge >= 0.3 is 5.97 Å². The Labute approximate surface area is 585 Å². The number of carboxylic acids is 1. The molecule has 0 aliphatic rings. The highest BCUT2D eigenvalue weighted by Crippen LogP contribution is 2.48. The van der Waals surface area contributed by atoms with E-state index in [0.29, 0.717) is 16.8 Å². The Balaban J connectivity index is -0.000000000758. The van der Waals surface area contributed by atoms with Crippen molar-refractivity contribution in [1.82, 2.24) is 4.57 Å². The van der Waals surface area contributed by atoms with Crippen molar-refractivity contribution in [3.05, 3.63) is 99.5 Å². The standard InChI is InChI=1S/C42H53FN2O5.195H2/c1-22(2)27(7)40-39(42(50)44-32-16-14-23(3)25(5)19-32)38(35-13-11-12-24(4)28(35)8)41(34-17-15-31(43)18-26(34)6)45(40)30(10)29(9)36(47)20-33(46)21-37(48)49;;;;;;;;;;;;;;;;;;;;;;;;;;;;;;;;;;;;;;;;;;;;;;;;;;;;;;;;;;;;;;;;;;;;;;;;;;;;;;;;;;;;;;;;;;;;;;;;;;;;;;;;;;;;;;;;;;;;;;;;;;;;;;;;;;;;;;;;;;;;;;;;;;;;;;;;;;;;;;;;;;;;;;;;;;;;;;;;;;;;;;;;;;;;;;;;;;;/h11-19,22,27,29-30,33,36,46-47H,20-21H2,1-10H3,(H,44,50)(H,48,49);195*1H/t27?,29?,30?,33-,36+;;;;;;;;;;;;;;;;;;;;;;;;;;;;;;;;;;;;;;;;;;;;;;;;;;;;;;;;;;;;;;;;;;;;;;;;;;;;;;;;;;;;;;;;;;;;;;;;;;;;;;;;;;;;;;;;;;;;;;;;;;;;;;;;;;;;;;;;;;;;;;;;;;;;;;;;;;;;;;;;;;;;;;;;;;;;;;;;;;;;;;;;;;;;;;;;;;;/m1.................................................................................................................................................................................................../s1. The molecule has 5 atom stereocenters. The minimum atomic E-state index is -1.22. The largest absolute Gasteiger partial charge is 0.481 e. The zero-order valence-corrected chi connectivity index (χ0v) is 31.1. The third kappa shape index (κ3) is 8.03. The Kier molecular flexibility index (Phi) is 12.1. The van der Waals surface area contributed by atoms with E-state index < -0.39 is 36.6 Å². The lowest BCUT2D eigenvalue weighted by Gasteiger charge is -2.33. The van der Waals surface area contributed by atoms with E-state index >= 15 is 0 Å². The summed E-state index contributed by atoms with van der Waals surface area (Å²) in [6, 6.07) is 16.1. The second-order valence-corrected chi connectivity index (χ2v) is 14.5. The number of amides is 1. The fourth-order valence-electron chi connectivity index (χ4n) is 6.81. The molecule has 0 spiro atoms. The number of anilines is 1. The first kappa shape index (κ1) is 38.5. The fraction of sp³-hybridized carbons (Fsp3) is 0.429. The van der Waals surface area contributed by atoms with Gasteiger partial charge in [-0.2, -0.15) is 0 Å². The summed E-state index contributed by atoms with van der Waals surface area (Å²) in [5.74, 6) is -2.30. The van der Waals surface area contributed by atoms with Crippen LogP contribution in [0.15, 0.2) is 54.6 Å². The van der Waals surface area contributed by atoms with E-state index in [1.165, 1.54) is 12.1 Å².